The van der Waals surface area contributed by atoms with Crippen molar-refractivity contribution in [2.45, 2.75) is 57.2 Å². The van der Waals surface area contributed by atoms with Gasteiger partial charge in [0.25, 0.3) is 5.91 Å². The number of carbonyl (C=O) groups is 2. The van der Waals surface area contributed by atoms with Crippen molar-refractivity contribution >= 4 is 22.8 Å². The largest absolute Gasteiger partial charge is 0.349 e. The lowest BCUT2D eigenvalue weighted by molar-refractivity contribution is -0.124. The van der Waals surface area contributed by atoms with Gasteiger partial charge in [0.1, 0.15) is 5.82 Å². The van der Waals surface area contributed by atoms with Crippen molar-refractivity contribution in [1.29, 1.82) is 0 Å². The van der Waals surface area contributed by atoms with E-state index in [2.05, 4.69) is 10.3 Å². The van der Waals surface area contributed by atoms with E-state index in [0.29, 0.717) is 19.5 Å². The maximum absolute atomic E-state index is 13.2. The molecule has 31 heavy (non-hydrogen) atoms. The minimum atomic E-state index is -0.398. The van der Waals surface area contributed by atoms with Gasteiger partial charge in [-0.25, -0.2) is 4.98 Å². The summed E-state index contributed by atoms with van der Waals surface area (Å²) in [5.41, 5.74) is 3.43. The number of para-hydroxylation sites is 2. The quantitative estimate of drug-likeness (QED) is 0.685. The second kappa shape index (κ2) is 7.84. The first-order chi connectivity index (χ1) is 15.1. The standard InChI is InChI=1S/C25H28N4O2/c1-28-21-12-6-5-11-20(21)27-22(28)16-26-23(30)15-25(13-7-2-8-14-25)29-17-18-9-3-4-10-19(18)24(29)31/h3-6,9-12H,2,7-8,13-17H2,1H3,(H,26,30). The normalized spacial score (nSPS) is 17.7. The lowest BCUT2D eigenvalue weighted by Crippen LogP contribution is -2.52. The molecule has 5 rings (SSSR count). The zero-order valence-corrected chi connectivity index (χ0v) is 17.9. The Balaban J connectivity index is 1.32. The Morgan fingerprint density at radius 3 is 2.58 bits per heavy atom. The summed E-state index contributed by atoms with van der Waals surface area (Å²) in [5.74, 6) is 0.885. The molecular formula is C25H28N4O2. The van der Waals surface area contributed by atoms with Crippen LogP contribution in [-0.2, 0) is 24.9 Å². The highest BCUT2D eigenvalue weighted by Gasteiger charge is 2.45. The van der Waals surface area contributed by atoms with E-state index in [1.807, 2.05) is 65.0 Å². The molecule has 1 aromatic heterocycles. The van der Waals surface area contributed by atoms with Crippen molar-refractivity contribution in [2.75, 3.05) is 0 Å². The van der Waals surface area contributed by atoms with Crippen LogP contribution < -0.4 is 5.32 Å². The van der Waals surface area contributed by atoms with Gasteiger partial charge in [-0.15, -0.1) is 0 Å². The highest BCUT2D eigenvalue weighted by Crippen LogP contribution is 2.41. The molecule has 0 unspecified atom stereocenters. The van der Waals surface area contributed by atoms with Gasteiger partial charge in [0, 0.05) is 25.6 Å². The Kier molecular flexibility index (Phi) is 5.00. The molecule has 2 amide bonds. The van der Waals surface area contributed by atoms with Crippen molar-refractivity contribution < 1.29 is 9.59 Å². The molecule has 6 nitrogen and oxygen atoms in total. The molecule has 3 aromatic rings. The van der Waals surface area contributed by atoms with E-state index in [1.165, 1.54) is 0 Å². The number of hydrogen-bond donors (Lipinski definition) is 1. The number of amides is 2. The van der Waals surface area contributed by atoms with E-state index in [4.69, 9.17) is 0 Å². The average molecular weight is 417 g/mol. The van der Waals surface area contributed by atoms with Crippen LogP contribution >= 0.6 is 0 Å². The fourth-order valence-corrected chi connectivity index (χ4v) is 5.28. The zero-order chi connectivity index (χ0) is 21.4. The van der Waals surface area contributed by atoms with Gasteiger partial charge in [0.15, 0.2) is 0 Å². The fraction of sp³-hybridized carbons (Fsp3) is 0.400. The Bertz CT molecular complexity index is 1140. The smallest absolute Gasteiger partial charge is 0.254 e. The highest BCUT2D eigenvalue weighted by molar-refractivity contribution is 5.99. The summed E-state index contributed by atoms with van der Waals surface area (Å²) in [4.78, 5) is 32.9. The van der Waals surface area contributed by atoms with Gasteiger partial charge < -0.3 is 14.8 Å². The minimum absolute atomic E-state index is 0.0160. The lowest BCUT2D eigenvalue weighted by atomic mass is 9.77. The molecule has 0 saturated heterocycles. The fourth-order valence-electron chi connectivity index (χ4n) is 5.28. The van der Waals surface area contributed by atoms with Crippen LogP contribution in [0.15, 0.2) is 48.5 Å². The second-order valence-corrected chi connectivity index (χ2v) is 8.86. The van der Waals surface area contributed by atoms with Crippen molar-refractivity contribution in [3.63, 3.8) is 0 Å². The van der Waals surface area contributed by atoms with Crippen LogP contribution in [0.5, 0.6) is 0 Å². The number of rotatable bonds is 5. The Morgan fingerprint density at radius 1 is 1.06 bits per heavy atom. The van der Waals surface area contributed by atoms with Gasteiger partial charge in [0.2, 0.25) is 5.91 Å². The van der Waals surface area contributed by atoms with Gasteiger partial charge in [-0.1, -0.05) is 49.6 Å². The summed E-state index contributed by atoms with van der Waals surface area (Å²) in [7, 11) is 1.97. The molecule has 1 saturated carbocycles. The van der Waals surface area contributed by atoms with E-state index in [1.54, 1.807) is 0 Å². The predicted molar refractivity (Wildman–Crippen MR) is 119 cm³/mol. The first-order valence-electron chi connectivity index (χ1n) is 11.1. The molecule has 0 spiro atoms. The molecule has 1 aliphatic carbocycles. The first kappa shape index (κ1) is 19.8. The summed E-state index contributed by atoms with van der Waals surface area (Å²) in [6.45, 7) is 0.987. The Hall–Kier alpha value is -3.15. The molecule has 1 aliphatic heterocycles. The molecule has 160 valence electrons. The van der Waals surface area contributed by atoms with Crippen LogP contribution in [0.4, 0.5) is 0 Å². The molecule has 2 aliphatic rings. The third-order valence-corrected chi connectivity index (χ3v) is 6.99. The maximum atomic E-state index is 13.2. The number of benzene rings is 2. The summed E-state index contributed by atoms with van der Waals surface area (Å²) in [5, 5.41) is 3.07. The summed E-state index contributed by atoms with van der Waals surface area (Å²) >= 11 is 0. The number of nitrogens with zero attached hydrogens (tertiary/aromatic N) is 3. The monoisotopic (exact) mass is 416 g/mol. The van der Waals surface area contributed by atoms with Crippen LogP contribution in [0.3, 0.4) is 0 Å². The number of fused-ring (bicyclic) bond motifs is 2. The molecule has 2 aromatic carbocycles. The predicted octanol–water partition coefficient (Wildman–Crippen LogP) is 3.94. The number of aryl methyl sites for hydroxylation is 1. The minimum Gasteiger partial charge on any atom is -0.349 e. The summed E-state index contributed by atoms with van der Waals surface area (Å²) in [6.07, 6.45) is 5.38. The molecule has 6 heteroatoms. The van der Waals surface area contributed by atoms with Crippen LogP contribution in [0.25, 0.3) is 11.0 Å². The van der Waals surface area contributed by atoms with Gasteiger partial charge in [-0.05, 0) is 36.6 Å². The number of hydrogen-bond acceptors (Lipinski definition) is 3. The summed E-state index contributed by atoms with van der Waals surface area (Å²) in [6, 6.07) is 15.8. The number of nitrogens with one attached hydrogen (secondary N) is 1. The topological polar surface area (TPSA) is 67.2 Å². The first-order valence-corrected chi connectivity index (χ1v) is 11.1. The van der Waals surface area contributed by atoms with Crippen LogP contribution in [0, 0.1) is 0 Å². The summed E-state index contributed by atoms with van der Waals surface area (Å²) < 4.78 is 2.02. The number of aromatic nitrogens is 2. The number of imidazole rings is 1. The van der Waals surface area contributed by atoms with Crippen molar-refractivity contribution in [3.8, 4) is 0 Å². The van der Waals surface area contributed by atoms with Crippen LogP contribution in [0.1, 0.15) is 60.3 Å². The van der Waals surface area contributed by atoms with Crippen LogP contribution in [0.2, 0.25) is 0 Å². The molecule has 1 N–H and O–H groups in total. The van der Waals surface area contributed by atoms with E-state index in [9.17, 15) is 9.59 Å². The van der Waals surface area contributed by atoms with E-state index in [0.717, 1.165) is 60.1 Å². The Morgan fingerprint density at radius 2 is 1.81 bits per heavy atom. The van der Waals surface area contributed by atoms with Gasteiger partial charge >= 0.3 is 0 Å². The lowest BCUT2D eigenvalue weighted by Gasteiger charge is -2.44. The second-order valence-electron chi connectivity index (χ2n) is 8.86. The molecule has 2 heterocycles. The number of carbonyl (C=O) groups excluding carboxylic acids is 2. The SMILES string of the molecule is Cn1c(CNC(=O)CC2(N3Cc4ccccc4C3=O)CCCCC2)nc2ccccc21. The van der Waals surface area contributed by atoms with Gasteiger partial charge in [-0.2, -0.15) is 0 Å². The highest BCUT2D eigenvalue weighted by atomic mass is 16.2. The van der Waals surface area contributed by atoms with Crippen LogP contribution in [-0.4, -0.2) is 31.8 Å². The van der Waals surface area contributed by atoms with Gasteiger partial charge in [-0.3, -0.25) is 9.59 Å². The Labute approximate surface area is 182 Å². The molecule has 1 fully saturated rings. The van der Waals surface area contributed by atoms with Crippen molar-refractivity contribution in [2.24, 2.45) is 7.05 Å². The molecule has 0 radical (unpaired) electrons. The third kappa shape index (κ3) is 3.50. The van der Waals surface area contributed by atoms with E-state index >= 15 is 0 Å². The average Bonchev–Trinajstić information content (AvgIpc) is 3.31. The van der Waals surface area contributed by atoms with Crippen molar-refractivity contribution in [3.05, 3.63) is 65.5 Å². The van der Waals surface area contributed by atoms with Crippen molar-refractivity contribution in [1.82, 2.24) is 19.8 Å². The van der Waals surface area contributed by atoms with E-state index < -0.39 is 5.54 Å². The zero-order valence-electron chi connectivity index (χ0n) is 17.9. The van der Waals surface area contributed by atoms with E-state index in [-0.39, 0.29) is 11.8 Å². The molecular weight excluding hydrogens is 388 g/mol. The molecule has 0 bridgehead atoms. The third-order valence-electron chi connectivity index (χ3n) is 6.99. The molecule has 0 atom stereocenters. The maximum Gasteiger partial charge on any atom is 0.254 e. The van der Waals surface area contributed by atoms with Gasteiger partial charge in [0.05, 0.1) is 23.1 Å².